The van der Waals surface area contributed by atoms with E-state index in [1.165, 1.54) is 0 Å². The topological polar surface area (TPSA) is 95.8 Å². The lowest BCUT2D eigenvalue weighted by Crippen LogP contribution is -2.46. The Morgan fingerprint density at radius 3 is 2.72 bits per heavy atom. The van der Waals surface area contributed by atoms with Crippen molar-refractivity contribution >= 4 is 23.2 Å². The number of alkyl halides is 1. The highest BCUT2D eigenvalue weighted by Gasteiger charge is 2.12. The number of fused-ring (bicyclic) bond motifs is 1. The molecule has 0 aliphatic carbocycles. The summed E-state index contributed by atoms with van der Waals surface area (Å²) in [6, 6.07) is 18.2. The molecular formula is C26H28FN7O2. The zero-order valence-electron chi connectivity index (χ0n) is 19.8. The fraction of sp³-hybridized carbons (Fsp3) is 0.269. The van der Waals surface area contributed by atoms with Crippen molar-refractivity contribution in [3.05, 3.63) is 72.4 Å². The summed E-state index contributed by atoms with van der Waals surface area (Å²) in [6.07, 6.45) is 1.81. The first kappa shape index (κ1) is 23.7. The van der Waals surface area contributed by atoms with Crippen molar-refractivity contribution in [2.45, 2.75) is 0 Å². The fourth-order valence-electron chi connectivity index (χ4n) is 4.20. The third-order valence-corrected chi connectivity index (χ3v) is 6.06. The third-order valence-electron chi connectivity index (χ3n) is 6.06. The van der Waals surface area contributed by atoms with E-state index in [1.807, 2.05) is 42.6 Å². The van der Waals surface area contributed by atoms with Crippen molar-refractivity contribution in [3.8, 4) is 16.9 Å². The number of halogens is 1. The Labute approximate surface area is 208 Å². The van der Waals surface area contributed by atoms with E-state index in [0.717, 1.165) is 49.5 Å². The van der Waals surface area contributed by atoms with E-state index in [-0.39, 0.29) is 5.91 Å². The second-order valence-corrected chi connectivity index (χ2v) is 8.46. The average molecular weight is 490 g/mol. The number of pyridine rings is 1. The third kappa shape index (κ3) is 5.61. The van der Waals surface area contributed by atoms with Gasteiger partial charge in [-0.3, -0.25) is 9.69 Å². The molecule has 1 aliphatic rings. The van der Waals surface area contributed by atoms with Gasteiger partial charge in [0.05, 0.1) is 0 Å². The summed E-state index contributed by atoms with van der Waals surface area (Å²) in [5.41, 5.74) is 3.70. The molecule has 1 amide bonds. The van der Waals surface area contributed by atoms with Crippen LogP contribution in [0.1, 0.15) is 10.4 Å². The van der Waals surface area contributed by atoms with E-state index in [1.54, 1.807) is 28.8 Å². The maximum atomic E-state index is 12.6. The van der Waals surface area contributed by atoms with E-state index < -0.39 is 6.86 Å². The van der Waals surface area contributed by atoms with Gasteiger partial charge in [0.25, 0.3) is 5.91 Å². The van der Waals surface area contributed by atoms with Crippen LogP contribution >= 0.6 is 0 Å². The van der Waals surface area contributed by atoms with Gasteiger partial charge >= 0.3 is 0 Å². The van der Waals surface area contributed by atoms with E-state index in [4.69, 9.17) is 4.74 Å². The Morgan fingerprint density at radius 1 is 1.08 bits per heavy atom. The molecule has 1 saturated heterocycles. The van der Waals surface area contributed by atoms with Crippen LogP contribution in [0.4, 0.5) is 16.0 Å². The molecule has 3 heterocycles. The number of anilines is 2. The maximum Gasteiger partial charge on any atom is 0.251 e. The van der Waals surface area contributed by atoms with Gasteiger partial charge in [0.15, 0.2) is 5.65 Å². The van der Waals surface area contributed by atoms with Crippen molar-refractivity contribution in [3.63, 3.8) is 0 Å². The monoisotopic (exact) mass is 489 g/mol. The smallest absolute Gasteiger partial charge is 0.251 e. The molecule has 2 aromatic heterocycles. The largest absolute Gasteiger partial charge is 0.463 e. The van der Waals surface area contributed by atoms with Crippen LogP contribution in [-0.2, 0) is 0 Å². The number of benzene rings is 2. The second kappa shape index (κ2) is 11.1. The molecule has 3 N–H and O–H groups in total. The number of rotatable bonds is 9. The summed E-state index contributed by atoms with van der Waals surface area (Å²) in [4.78, 5) is 19.5. The van der Waals surface area contributed by atoms with Crippen molar-refractivity contribution < 1.29 is 13.9 Å². The number of amides is 1. The maximum absolute atomic E-state index is 12.6. The normalized spacial score (nSPS) is 14.0. The number of nitrogens with zero attached hydrogens (tertiary/aromatic N) is 4. The van der Waals surface area contributed by atoms with Gasteiger partial charge in [0.2, 0.25) is 12.8 Å². The van der Waals surface area contributed by atoms with E-state index in [9.17, 15) is 9.18 Å². The Hall–Kier alpha value is -4.02. The molecule has 1 aliphatic heterocycles. The zero-order valence-corrected chi connectivity index (χ0v) is 19.8. The molecule has 0 unspecified atom stereocenters. The van der Waals surface area contributed by atoms with Crippen LogP contribution in [0, 0.1) is 0 Å². The summed E-state index contributed by atoms with van der Waals surface area (Å²) >= 11 is 0. The highest BCUT2D eigenvalue weighted by molar-refractivity contribution is 5.94. The molecular weight excluding hydrogens is 461 g/mol. The summed E-state index contributed by atoms with van der Waals surface area (Å²) in [6.45, 7) is 4.59. The van der Waals surface area contributed by atoms with Crippen LogP contribution < -0.4 is 20.7 Å². The predicted molar refractivity (Wildman–Crippen MR) is 136 cm³/mol. The molecule has 0 radical (unpaired) electrons. The fourth-order valence-corrected chi connectivity index (χ4v) is 4.20. The van der Waals surface area contributed by atoms with Gasteiger partial charge in [-0.05, 0) is 54.1 Å². The first-order valence-electron chi connectivity index (χ1n) is 11.9. The number of aromatic nitrogens is 3. The van der Waals surface area contributed by atoms with Crippen LogP contribution in [0.2, 0.25) is 0 Å². The lowest BCUT2D eigenvalue weighted by atomic mass is 10.1. The van der Waals surface area contributed by atoms with Crippen molar-refractivity contribution in [1.29, 1.82) is 0 Å². The molecule has 0 bridgehead atoms. The number of hydrogen-bond acceptors (Lipinski definition) is 7. The van der Waals surface area contributed by atoms with Crippen LogP contribution in [0.15, 0.2) is 66.9 Å². The van der Waals surface area contributed by atoms with Gasteiger partial charge in [-0.25, -0.2) is 8.91 Å². The molecule has 10 heteroatoms. The highest BCUT2D eigenvalue weighted by Crippen LogP contribution is 2.28. The quantitative estimate of drug-likeness (QED) is 0.333. The van der Waals surface area contributed by atoms with Gasteiger partial charge in [0.1, 0.15) is 5.75 Å². The molecule has 2 aromatic carbocycles. The Kier molecular flexibility index (Phi) is 7.34. The van der Waals surface area contributed by atoms with Crippen LogP contribution in [0.3, 0.4) is 0 Å². The molecule has 0 spiro atoms. The van der Waals surface area contributed by atoms with Gasteiger partial charge in [0, 0.05) is 62.3 Å². The summed E-state index contributed by atoms with van der Waals surface area (Å²) in [5.74, 6) is 0.778. The van der Waals surface area contributed by atoms with Crippen molar-refractivity contribution in [2.75, 3.05) is 51.4 Å². The molecule has 5 rings (SSSR count). The van der Waals surface area contributed by atoms with Crippen LogP contribution in [0.5, 0.6) is 5.75 Å². The number of hydrogen-bond donors (Lipinski definition) is 3. The predicted octanol–water partition coefficient (Wildman–Crippen LogP) is 3.08. The minimum atomic E-state index is -0.885. The molecule has 4 aromatic rings. The summed E-state index contributed by atoms with van der Waals surface area (Å²) < 4.78 is 19.3. The minimum Gasteiger partial charge on any atom is -0.463 e. The molecule has 186 valence electrons. The Balaban J connectivity index is 1.24. The summed E-state index contributed by atoms with van der Waals surface area (Å²) in [7, 11) is 0. The highest BCUT2D eigenvalue weighted by atomic mass is 19.1. The number of piperazine rings is 1. The van der Waals surface area contributed by atoms with Crippen molar-refractivity contribution in [1.82, 2.24) is 30.1 Å². The van der Waals surface area contributed by atoms with Gasteiger partial charge in [-0.1, -0.05) is 12.1 Å². The molecule has 1 fully saturated rings. The number of nitrogens with one attached hydrogen (secondary N) is 3. The average Bonchev–Trinajstić information content (AvgIpc) is 3.32. The van der Waals surface area contributed by atoms with Gasteiger partial charge in [-0.15, -0.1) is 5.10 Å². The molecule has 0 atom stereocenters. The standard InChI is InChI=1S/C26H28FN7O2/c27-18-36-22-4-1-3-20(17-22)23-5-2-13-34-24(23)31-26(32-34)30-21-8-6-19(7-9-21)25(35)29-12-16-33-14-10-28-11-15-33/h1-9,13,17,28H,10-12,14-16,18H2,(H,29,35)(H,30,32). The van der Waals surface area contributed by atoms with Gasteiger partial charge < -0.3 is 20.7 Å². The number of carbonyl (C=O) groups is 1. The second-order valence-electron chi connectivity index (χ2n) is 8.46. The van der Waals surface area contributed by atoms with E-state index in [0.29, 0.717) is 29.5 Å². The summed E-state index contributed by atoms with van der Waals surface area (Å²) in [5, 5.41) is 14.0. The van der Waals surface area contributed by atoms with E-state index >= 15 is 0 Å². The lowest BCUT2D eigenvalue weighted by molar-refractivity contribution is 0.0947. The number of ether oxygens (including phenoxy) is 1. The van der Waals surface area contributed by atoms with Crippen LogP contribution in [-0.4, -0.2) is 71.5 Å². The Bertz CT molecular complexity index is 1320. The minimum absolute atomic E-state index is 0.0915. The number of carbonyl (C=O) groups excluding carboxylic acids is 1. The van der Waals surface area contributed by atoms with Crippen LogP contribution in [0.25, 0.3) is 16.8 Å². The van der Waals surface area contributed by atoms with E-state index in [2.05, 4.69) is 30.9 Å². The van der Waals surface area contributed by atoms with Gasteiger partial charge in [-0.2, -0.15) is 4.98 Å². The molecule has 9 nitrogen and oxygen atoms in total. The first-order valence-corrected chi connectivity index (χ1v) is 11.9. The molecule has 0 saturated carbocycles. The first-order chi connectivity index (χ1) is 17.7. The SMILES string of the molecule is O=C(NCCN1CCNCC1)c1ccc(Nc2nc3c(-c4cccc(OCF)c4)cccn3n2)cc1. The van der Waals surface area contributed by atoms with Crippen molar-refractivity contribution in [2.24, 2.45) is 0 Å². The lowest BCUT2D eigenvalue weighted by Gasteiger charge is -2.27. The molecule has 36 heavy (non-hydrogen) atoms. The Morgan fingerprint density at radius 2 is 1.92 bits per heavy atom. The zero-order chi connectivity index (χ0) is 24.7.